The van der Waals surface area contributed by atoms with Crippen LogP contribution in [0.4, 0.5) is 0 Å². The van der Waals surface area contributed by atoms with Crippen LogP contribution in [0, 0.1) is 23.2 Å². The molecule has 5 fully saturated rings. The average Bonchev–Trinajstić information content (AvgIpc) is 2.80. The lowest BCUT2D eigenvalue weighted by Crippen LogP contribution is -2.64. The number of fused-ring (bicyclic) bond motifs is 1. The van der Waals surface area contributed by atoms with Crippen LogP contribution in [0.2, 0.25) is 0 Å². The van der Waals surface area contributed by atoms with Crippen LogP contribution in [0.1, 0.15) is 25.7 Å². The normalized spacial score (nSPS) is 51.8. The zero-order valence-electron chi connectivity index (χ0n) is 11.5. The summed E-state index contributed by atoms with van der Waals surface area (Å²) in [7, 11) is 0. The third-order valence-electron chi connectivity index (χ3n) is 6.48. The Kier molecular flexibility index (Phi) is 2.72. The molecule has 5 rings (SSSR count). The Morgan fingerprint density at radius 2 is 1.61 bits per heavy atom. The maximum absolute atomic E-state index is 6.22. The third-order valence-corrected chi connectivity index (χ3v) is 6.48. The molecule has 0 aromatic carbocycles. The zero-order valence-corrected chi connectivity index (χ0v) is 11.5. The Balaban J connectivity index is 1.72. The monoisotopic (exact) mass is 249 g/mol. The topological polar surface area (TPSA) is 32.5 Å². The summed E-state index contributed by atoms with van der Waals surface area (Å²) in [5, 5.41) is 0. The molecule has 3 heteroatoms. The van der Waals surface area contributed by atoms with E-state index in [0.717, 1.165) is 24.3 Å². The minimum atomic E-state index is 0.558. The average molecular weight is 249 g/mol. The molecule has 1 aliphatic carbocycles. The molecule has 1 saturated carbocycles. The Labute approximate surface area is 111 Å². The van der Waals surface area contributed by atoms with E-state index in [9.17, 15) is 0 Å². The second kappa shape index (κ2) is 4.19. The molecule has 0 radical (unpaired) electrons. The third kappa shape index (κ3) is 1.53. The second-order valence-corrected chi connectivity index (χ2v) is 7.29. The van der Waals surface area contributed by atoms with Gasteiger partial charge in [-0.2, -0.15) is 0 Å². The quantitative estimate of drug-likeness (QED) is 0.792. The smallest absolute Gasteiger partial charge is 0.0110 e. The molecule has 0 spiro atoms. The van der Waals surface area contributed by atoms with E-state index in [2.05, 4.69) is 9.80 Å². The summed E-state index contributed by atoms with van der Waals surface area (Å²) in [6, 6.07) is 0. The van der Waals surface area contributed by atoms with Gasteiger partial charge in [-0.1, -0.05) is 12.8 Å². The summed E-state index contributed by atoms with van der Waals surface area (Å²) < 4.78 is 0. The number of rotatable bonds is 2. The second-order valence-electron chi connectivity index (χ2n) is 7.29. The molecule has 3 nitrogen and oxygen atoms in total. The van der Waals surface area contributed by atoms with E-state index in [0.29, 0.717) is 5.41 Å². The van der Waals surface area contributed by atoms with Crippen LogP contribution in [-0.2, 0) is 0 Å². The molecule has 3 unspecified atom stereocenters. The van der Waals surface area contributed by atoms with E-state index in [1.165, 1.54) is 65.0 Å². The van der Waals surface area contributed by atoms with E-state index < -0.39 is 0 Å². The van der Waals surface area contributed by atoms with Crippen molar-refractivity contribution in [3.05, 3.63) is 0 Å². The molecule has 0 amide bonds. The van der Waals surface area contributed by atoms with Gasteiger partial charge in [-0.15, -0.1) is 0 Å². The fraction of sp³-hybridized carbons (Fsp3) is 1.00. The molecule has 5 aliphatic rings. The molecule has 4 bridgehead atoms. The molecule has 2 N–H and O–H groups in total. The SMILES string of the molecule is NCC1C2CN3CCN(C2)CC1(C1CCCC1)C3. The highest BCUT2D eigenvalue weighted by molar-refractivity contribution is 5.08. The number of piperidine rings is 2. The summed E-state index contributed by atoms with van der Waals surface area (Å²) in [6.45, 7) is 8.91. The Bertz CT molecular complexity index is 308. The lowest BCUT2D eigenvalue weighted by Gasteiger charge is -2.58. The fourth-order valence-corrected chi connectivity index (χ4v) is 5.80. The molecule has 0 aromatic rings. The van der Waals surface area contributed by atoms with Crippen molar-refractivity contribution < 1.29 is 0 Å². The minimum Gasteiger partial charge on any atom is -0.330 e. The summed E-state index contributed by atoms with van der Waals surface area (Å²) in [6.07, 6.45) is 5.89. The Hall–Kier alpha value is -0.120. The van der Waals surface area contributed by atoms with Gasteiger partial charge in [-0.3, -0.25) is 0 Å². The van der Waals surface area contributed by atoms with Gasteiger partial charge in [0.2, 0.25) is 0 Å². The summed E-state index contributed by atoms with van der Waals surface area (Å²) >= 11 is 0. The zero-order chi connectivity index (χ0) is 12.2. The summed E-state index contributed by atoms with van der Waals surface area (Å²) in [5.41, 5.74) is 6.78. The predicted molar refractivity (Wildman–Crippen MR) is 73.3 cm³/mol. The Morgan fingerprint density at radius 3 is 2.17 bits per heavy atom. The maximum Gasteiger partial charge on any atom is 0.0110 e. The van der Waals surface area contributed by atoms with Gasteiger partial charge in [-0.05, 0) is 37.1 Å². The minimum absolute atomic E-state index is 0.558. The number of hydrogen-bond donors (Lipinski definition) is 1. The number of nitrogens with zero attached hydrogens (tertiary/aromatic N) is 2. The van der Waals surface area contributed by atoms with Crippen LogP contribution in [0.5, 0.6) is 0 Å². The highest BCUT2D eigenvalue weighted by Gasteiger charge is 2.56. The molecular formula is C15H27N3. The van der Waals surface area contributed by atoms with Crippen molar-refractivity contribution in [3.8, 4) is 0 Å². The predicted octanol–water partition coefficient (Wildman–Crippen LogP) is 0.999. The van der Waals surface area contributed by atoms with E-state index in [1.54, 1.807) is 0 Å². The van der Waals surface area contributed by atoms with E-state index in [4.69, 9.17) is 5.73 Å². The van der Waals surface area contributed by atoms with Crippen LogP contribution in [-0.4, -0.2) is 55.6 Å². The molecule has 4 heterocycles. The van der Waals surface area contributed by atoms with Gasteiger partial charge < -0.3 is 15.5 Å². The molecule has 4 aliphatic heterocycles. The first-order valence-electron chi connectivity index (χ1n) is 7.96. The number of nitrogens with two attached hydrogens (primary N) is 1. The van der Waals surface area contributed by atoms with Crippen LogP contribution in [0.3, 0.4) is 0 Å². The van der Waals surface area contributed by atoms with Gasteiger partial charge in [-0.25, -0.2) is 0 Å². The highest BCUT2D eigenvalue weighted by Crippen LogP contribution is 2.53. The maximum atomic E-state index is 6.22. The van der Waals surface area contributed by atoms with Crippen molar-refractivity contribution in [3.63, 3.8) is 0 Å². The van der Waals surface area contributed by atoms with Crippen molar-refractivity contribution in [2.24, 2.45) is 28.9 Å². The van der Waals surface area contributed by atoms with Crippen molar-refractivity contribution in [2.45, 2.75) is 25.7 Å². The first kappa shape index (κ1) is 11.7. The van der Waals surface area contributed by atoms with Crippen LogP contribution in [0.15, 0.2) is 0 Å². The fourth-order valence-electron chi connectivity index (χ4n) is 5.80. The lowest BCUT2D eigenvalue weighted by molar-refractivity contribution is -0.0892. The van der Waals surface area contributed by atoms with Crippen molar-refractivity contribution in [1.82, 2.24) is 9.80 Å². The van der Waals surface area contributed by atoms with Crippen molar-refractivity contribution in [2.75, 3.05) is 45.8 Å². The van der Waals surface area contributed by atoms with Gasteiger partial charge in [0.05, 0.1) is 0 Å². The van der Waals surface area contributed by atoms with E-state index >= 15 is 0 Å². The first-order valence-corrected chi connectivity index (χ1v) is 7.96. The summed E-state index contributed by atoms with van der Waals surface area (Å²) in [5.74, 6) is 2.64. The van der Waals surface area contributed by atoms with Gasteiger partial charge in [0.15, 0.2) is 0 Å². The number of hydrogen-bond acceptors (Lipinski definition) is 3. The standard InChI is InChI=1S/C15H27N3/c16-7-14-12-8-17-5-6-18(9-12)11-15(14,10-17)13-3-1-2-4-13/h12-14H,1-11,16H2. The first-order chi connectivity index (χ1) is 8.82. The van der Waals surface area contributed by atoms with E-state index in [1.807, 2.05) is 0 Å². The van der Waals surface area contributed by atoms with Crippen LogP contribution < -0.4 is 5.73 Å². The molecule has 18 heavy (non-hydrogen) atoms. The van der Waals surface area contributed by atoms with Crippen LogP contribution >= 0.6 is 0 Å². The lowest BCUT2D eigenvalue weighted by atomic mass is 9.57. The van der Waals surface area contributed by atoms with Gasteiger partial charge in [0, 0.05) is 44.7 Å². The molecule has 4 saturated heterocycles. The summed E-state index contributed by atoms with van der Waals surface area (Å²) in [4.78, 5) is 5.53. The molecule has 0 aromatic heterocycles. The molecule has 3 atom stereocenters. The van der Waals surface area contributed by atoms with E-state index in [-0.39, 0.29) is 0 Å². The van der Waals surface area contributed by atoms with Crippen molar-refractivity contribution in [1.29, 1.82) is 0 Å². The molecule has 102 valence electrons. The highest BCUT2D eigenvalue weighted by atomic mass is 15.3. The van der Waals surface area contributed by atoms with Crippen molar-refractivity contribution >= 4 is 0 Å². The van der Waals surface area contributed by atoms with Gasteiger partial charge in [0.1, 0.15) is 0 Å². The molecular weight excluding hydrogens is 222 g/mol. The van der Waals surface area contributed by atoms with Gasteiger partial charge in [0.25, 0.3) is 0 Å². The largest absolute Gasteiger partial charge is 0.330 e. The van der Waals surface area contributed by atoms with Gasteiger partial charge >= 0.3 is 0 Å². The Morgan fingerprint density at radius 1 is 1.00 bits per heavy atom. The van der Waals surface area contributed by atoms with Crippen LogP contribution in [0.25, 0.3) is 0 Å².